The van der Waals surface area contributed by atoms with E-state index < -0.39 is 0 Å². The summed E-state index contributed by atoms with van der Waals surface area (Å²) < 4.78 is 13.4. The van der Waals surface area contributed by atoms with Gasteiger partial charge in [0.05, 0.1) is 0 Å². The van der Waals surface area contributed by atoms with E-state index >= 15 is 0 Å². The van der Waals surface area contributed by atoms with E-state index in [2.05, 4.69) is 18.7 Å². The van der Waals surface area contributed by atoms with Crippen molar-refractivity contribution in [1.29, 1.82) is 0 Å². The second kappa shape index (κ2) is 5.91. The van der Waals surface area contributed by atoms with Crippen molar-refractivity contribution in [3.05, 3.63) is 29.6 Å². The number of rotatable bonds is 6. The van der Waals surface area contributed by atoms with Gasteiger partial charge in [-0.15, -0.1) is 0 Å². The van der Waals surface area contributed by atoms with Gasteiger partial charge in [-0.05, 0) is 55.9 Å². The first kappa shape index (κ1) is 14.3. The molecule has 0 amide bonds. The van der Waals surface area contributed by atoms with E-state index in [1.54, 1.807) is 12.1 Å². The van der Waals surface area contributed by atoms with Crippen LogP contribution in [0.15, 0.2) is 18.2 Å². The maximum absolute atomic E-state index is 13.4. The summed E-state index contributed by atoms with van der Waals surface area (Å²) in [5.74, 6) is 0.483. The van der Waals surface area contributed by atoms with Crippen molar-refractivity contribution in [3.8, 4) is 0 Å². The third kappa shape index (κ3) is 3.69. The molecule has 19 heavy (non-hydrogen) atoms. The average molecular weight is 264 g/mol. The molecule has 1 unspecified atom stereocenters. The Bertz CT molecular complexity index is 425. The molecule has 0 heterocycles. The highest BCUT2D eigenvalue weighted by Gasteiger charge is 2.30. The van der Waals surface area contributed by atoms with Crippen LogP contribution in [0.1, 0.15) is 51.6 Å². The molecule has 0 bridgehead atoms. The van der Waals surface area contributed by atoms with Crippen LogP contribution in [0.5, 0.6) is 0 Å². The van der Waals surface area contributed by atoms with Crippen LogP contribution < -0.4 is 10.6 Å². The molecule has 0 radical (unpaired) electrons. The molecule has 0 aliphatic heterocycles. The van der Waals surface area contributed by atoms with Gasteiger partial charge >= 0.3 is 0 Å². The van der Waals surface area contributed by atoms with Crippen LogP contribution in [0, 0.1) is 11.7 Å². The van der Waals surface area contributed by atoms with Gasteiger partial charge in [0.1, 0.15) is 5.82 Å². The van der Waals surface area contributed by atoms with E-state index in [0.29, 0.717) is 12.0 Å². The van der Waals surface area contributed by atoms with E-state index in [1.165, 1.54) is 12.8 Å². The minimum Gasteiger partial charge on any atom is -0.368 e. The zero-order valence-electron chi connectivity index (χ0n) is 12.2. The number of nitrogens with zero attached hydrogens (tertiary/aromatic N) is 1. The molecule has 3 heteroatoms. The Kier molecular flexibility index (Phi) is 4.46. The highest BCUT2D eigenvalue weighted by molar-refractivity contribution is 5.56. The molecule has 1 atom stereocenters. The van der Waals surface area contributed by atoms with Gasteiger partial charge in [-0.3, -0.25) is 0 Å². The van der Waals surface area contributed by atoms with Crippen LogP contribution in [0.3, 0.4) is 0 Å². The molecule has 0 saturated heterocycles. The lowest BCUT2D eigenvalue weighted by atomic mass is 10.0. The number of halogens is 1. The Hall–Kier alpha value is -1.09. The fourth-order valence-corrected chi connectivity index (χ4v) is 2.43. The Morgan fingerprint density at radius 3 is 2.53 bits per heavy atom. The smallest absolute Gasteiger partial charge is 0.123 e. The van der Waals surface area contributed by atoms with Crippen LogP contribution in [0.25, 0.3) is 0 Å². The minimum absolute atomic E-state index is 0.133. The van der Waals surface area contributed by atoms with Gasteiger partial charge in [0.25, 0.3) is 0 Å². The maximum atomic E-state index is 13.4. The molecule has 0 aromatic heterocycles. The molecule has 1 aromatic rings. The molecule has 1 saturated carbocycles. The summed E-state index contributed by atoms with van der Waals surface area (Å²) in [6.07, 6.45) is 3.65. The van der Waals surface area contributed by atoms with Gasteiger partial charge in [0.15, 0.2) is 0 Å². The fraction of sp³-hybridized carbons (Fsp3) is 0.625. The summed E-state index contributed by atoms with van der Waals surface area (Å²) in [4.78, 5) is 2.43. The summed E-state index contributed by atoms with van der Waals surface area (Å²) in [7, 11) is 0. The molecular formula is C16H25FN2. The van der Waals surface area contributed by atoms with E-state index in [9.17, 15) is 4.39 Å². The molecule has 1 fully saturated rings. The summed E-state index contributed by atoms with van der Waals surface area (Å²) in [5.41, 5.74) is 8.06. The van der Waals surface area contributed by atoms with Crippen molar-refractivity contribution in [2.24, 2.45) is 11.7 Å². The Labute approximate surface area is 115 Å². The Morgan fingerprint density at radius 1 is 1.32 bits per heavy atom. The van der Waals surface area contributed by atoms with Crippen LogP contribution in [0.2, 0.25) is 0 Å². The van der Waals surface area contributed by atoms with E-state index in [4.69, 9.17) is 5.73 Å². The number of hydrogen-bond acceptors (Lipinski definition) is 2. The van der Waals surface area contributed by atoms with Crippen molar-refractivity contribution in [2.75, 3.05) is 11.4 Å². The molecule has 0 spiro atoms. The largest absolute Gasteiger partial charge is 0.368 e. The van der Waals surface area contributed by atoms with Crippen LogP contribution in [0.4, 0.5) is 10.1 Å². The SMILES string of the molecule is CC(C)CCN(c1ccc(F)cc1C(C)N)C1CC1. The second-order valence-electron chi connectivity index (χ2n) is 6.10. The van der Waals surface area contributed by atoms with Gasteiger partial charge < -0.3 is 10.6 Å². The minimum atomic E-state index is -0.198. The number of benzene rings is 1. The molecule has 1 aliphatic carbocycles. The third-order valence-electron chi connectivity index (χ3n) is 3.72. The summed E-state index contributed by atoms with van der Waals surface area (Å²) in [6.45, 7) is 7.43. The predicted molar refractivity (Wildman–Crippen MR) is 78.8 cm³/mol. The lowest BCUT2D eigenvalue weighted by molar-refractivity contribution is 0.568. The van der Waals surface area contributed by atoms with Crippen LogP contribution in [-0.4, -0.2) is 12.6 Å². The molecule has 2 nitrogen and oxygen atoms in total. The van der Waals surface area contributed by atoms with Crippen LogP contribution in [-0.2, 0) is 0 Å². The van der Waals surface area contributed by atoms with Gasteiger partial charge in [-0.1, -0.05) is 13.8 Å². The topological polar surface area (TPSA) is 29.3 Å². The van der Waals surface area contributed by atoms with Crippen LogP contribution >= 0.6 is 0 Å². The molecule has 106 valence electrons. The lowest BCUT2D eigenvalue weighted by Gasteiger charge is -2.29. The van der Waals surface area contributed by atoms with Crippen molar-refractivity contribution < 1.29 is 4.39 Å². The van der Waals surface area contributed by atoms with Crippen molar-refractivity contribution in [2.45, 2.75) is 52.1 Å². The zero-order valence-corrected chi connectivity index (χ0v) is 12.2. The van der Waals surface area contributed by atoms with Crippen molar-refractivity contribution in [3.63, 3.8) is 0 Å². The first-order valence-electron chi connectivity index (χ1n) is 7.30. The highest BCUT2D eigenvalue weighted by Crippen LogP contribution is 2.36. The average Bonchev–Trinajstić information content (AvgIpc) is 3.14. The standard InChI is InChI=1S/C16H25FN2/c1-11(2)8-9-19(14-5-6-14)16-7-4-13(17)10-15(16)12(3)18/h4,7,10-12,14H,5-6,8-9,18H2,1-3H3. The second-order valence-corrected chi connectivity index (χ2v) is 6.10. The Balaban J connectivity index is 2.25. The van der Waals surface area contributed by atoms with Crippen molar-refractivity contribution in [1.82, 2.24) is 0 Å². The molecule has 1 aromatic carbocycles. The van der Waals surface area contributed by atoms with Gasteiger partial charge in [0, 0.05) is 24.3 Å². The van der Waals surface area contributed by atoms with Crippen molar-refractivity contribution >= 4 is 5.69 Å². The first-order chi connectivity index (χ1) is 8.99. The fourth-order valence-electron chi connectivity index (χ4n) is 2.43. The first-order valence-corrected chi connectivity index (χ1v) is 7.30. The number of hydrogen-bond donors (Lipinski definition) is 1. The lowest BCUT2D eigenvalue weighted by Crippen LogP contribution is -2.29. The molecule has 1 aliphatic rings. The van der Waals surface area contributed by atoms with Gasteiger partial charge in [-0.25, -0.2) is 4.39 Å². The quantitative estimate of drug-likeness (QED) is 0.845. The normalized spacial score (nSPS) is 16.7. The molecule has 2 N–H and O–H groups in total. The molecule has 2 rings (SSSR count). The number of nitrogens with two attached hydrogens (primary N) is 1. The summed E-state index contributed by atoms with van der Waals surface area (Å²) in [6, 6.07) is 5.52. The van der Waals surface area contributed by atoms with E-state index in [1.807, 2.05) is 13.0 Å². The van der Waals surface area contributed by atoms with E-state index in [-0.39, 0.29) is 11.9 Å². The van der Waals surface area contributed by atoms with Gasteiger partial charge in [0.2, 0.25) is 0 Å². The third-order valence-corrected chi connectivity index (χ3v) is 3.72. The number of anilines is 1. The molecular weight excluding hydrogens is 239 g/mol. The van der Waals surface area contributed by atoms with E-state index in [0.717, 1.165) is 24.2 Å². The Morgan fingerprint density at radius 2 is 2.00 bits per heavy atom. The predicted octanol–water partition coefficient (Wildman–Crippen LogP) is 3.86. The summed E-state index contributed by atoms with van der Waals surface area (Å²) in [5, 5.41) is 0. The highest BCUT2D eigenvalue weighted by atomic mass is 19.1. The maximum Gasteiger partial charge on any atom is 0.123 e. The zero-order chi connectivity index (χ0) is 14.0. The summed E-state index contributed by atoms with van der Waals surface area (Å²) >= 11 is 0. The monoisotopic (exact) mass is 264 g/mol. The van der Waals surface area contributed by atoms with Gasteiger partial charge in [-0.2, -0.15) is 0 Å².